The molecule has 0 saturated heterocycles. The normalized spacial score (nSPS) is 22.0. The number of carbonyl (C=O) groups is 1. The molecule has 0 radical (unpaired) electrons. The van der Waals surface area contributed by atoms with Crippen LogP contribution in [-0.2, 0) is 16.0 Å². The largest absolute Gasteiger partial charge is 0.611 e. The van der Waals surface area contributed by atoms with Crippen molar-refractivity contribution in [2.24, 2.45) is 11.0 Å². The van der Waals surface area contributed by atoms with Crippen molar-refractivity contribution in [3.05, 3.63) is 54.1 Å². The third-order valence-electron chi connectivity index (χ3n) is 5.05. The van der Waals surface area contributed by atoms with Gasteiger partial charge < -0.3 is 14.2 Å². The van der Waals surface area contributed by atoms with Crippen LogP contribution >= 0.6 is 0 Å². The summed E-state index contributed by atoms with van der Waals surface area (Å²) < 4.78 is 18.4. The summed E-state index contributed by atoms with van der Waals surface area (Å²) in [7, 11) is 4.02. The molecule has 152 valence electrons. The number of fused-ring (bicyclic) bond motifs is 3. The van der Waals surface area contributed by atoms with Crippen LogP contribution in [0.5, 0.6) is 5.75 Å². The zero-order valence-electron chi connectivity index (χ0n) is 16.9. The van der Waals surface area contributed by atoms with Gasteiger partial charge in [-0.05, 0) is 68.6 Å². The summed E-state index contributed by atoms with van der Waals surface area (Å²) in [5, 5.41) is 6.14. The molecule has 2 heterocycles. The number of benzene rings is 2. The fraction of sp³-hybridized carbons (Fsp3) is 0.364. The van der Waals surface area contributed by atoms with E-state index in [1.54, 1.807) is 0 Å². The van der Waals surface area contributed by atoms with Gasteiger partial charge in [0.25, 0.3) is 0 Å². The van der Waals surface area contributed by atoms with Crippen LogP contribution in [0, 0.1) is 5.92 Å². The number of amides is 1. The summed E-state index contributed by atoms with van der Waals surface area (Å²) in [4.78, 5) is 15.6. The smallest absolute Gasteiger partial charge is 0.248 e. The van der Waals surface area contributed by atoms with Crippen LogP contribution in [0.1, 0.15) is 18.9 Å². The third kappa shape index (κ3) is 4.17. The number of carbonyl (C=O) groups excluding carboxylic acids is 1. The number of nitrogens with zero attached hydrogens (tertiary/aromatic N) is 3. The molecular formula is C22H25N3O3S. The Morgan fingerprint density at radius 3 is 2.69 bits per heavy atom. The van der Waals surface area contributed by atoms with Crippen molar-refractivity contribution in [1.82, 2.24) is 4.90 Å². The topological polar surface area (TPSA) is 68.2 Å². The average Bonchev–Trinajstić information content (AvgIpc) is 2.68. The van der Waals surface area contributed by atoms with E-state index in [4.69, 9.17) is 4.74 Å². The first kappa shape index (κ1) is 19.9. The van der Waals surface area contributed by atoms with E-state index in [9.17, 15) is 9.35 Å². The van der Waals surface area contributed by atoms with Crippen LogP contribution in [-0.4, -0.2) is 53.6 Å². The third-order valence-corrected chi connectivity index (χ3v) is 6.61. The Morgan fingerprint density at radius 1 is 1.24 bits per heavy atom. The summed E-state index contributed by atoms with van der Waals surface area (Å²) in [5.41, 5.74) is 2.44. The van der Waals surface area contributed by atoms with Crippen molar-refractivity contribution in [2.75, 3.05) is 31.4 Å². The molecule has 3 atom stereocenters. The van der Waals surface area contributed by atoms with Gasteiger partial charge in [-0.15, -0.1) is 0 Å². The Hall–Kier alpha value is -2.35. The minimum absolute atomic E-state index is 0.0630. The standard InChI is InChI=1S/C22H25N3O3S/c1-15(13-24(2)3)28-18-10-8-17(9-11-18)25-21(26)12-16-14-29(27)20-7-5-4-6-19(20)22(16)23-25/h4-11,15-16H,12-14H2,1-3H3. The van der Waals surface area contributed by atoms with E-state index < -0.39 is 11.2 Å². The maximum atomic E-state index is 12.7. The van der Waals surface area contributed by atoms with Crippen molar-refractivity contribution in [1.29, 1.82) is 0 Å². The molecule has 0 saturated carbocycles. The van der Waals surface area contributed by atoms with Crippen LogP contribution in [0.25, 0.3) is 0 Å². The highest BCUT2D eigenvalue weighted by Gasteiger charge is 2.40. The van der Waals surface area contributed by atoms with E-state index in [0.717, 1.165) is 28.5 Å². The van der Waals surface area contributed by atoms with Gasteiger partial charge in [-0.2, -0.15) is 5.10 Å². The second kappa shape index (κ2) is 8.18. The van der Waals surface area contributed by atoms with Gasteiger partial charge in [-0.3, -0.25) is 4.79 Å². The number of rotatable bonds is 5. The van der Waals surface area contributed by atoms with Crippen molar-refractivity contribution in [3.8, 4) is 5.75 Å². The van der Waals surface area contributed by atoms with E-state index in [1.165, 1.54) is 5.01 Å². The summed E-state index contributed by atoms with van der Waals surface area (Å²) >= 11 is -1.09. The van der Waals surface area contributed by atoms with Crippen molar-refractivity contribution in [3.63, 3.8) is 0 Å². The number of hydrogen-bond acceptors (Lipinski definition) is 5. The molecule has 0 aromatic heterocycles. The van der Waals surface area contributed by atoms with Crippen LogP contribution < -0.4 is 9.75 Å². The predicted molar refractivity (Wildman–Crippen MR) is 115 cm³/mol. The lowest BCUT2D eigenvalue weighted by Crippen LogP contribution is -2.42. The maximum Gasteiger partial charge on any atom is 0.248 e. The van der Waals surface area contributed by atoms with Gasteiger partial charge in [0.15, 0.2) is 4.90 Å². The Labute approximate surface area is 174 Å². The molecule has 6 nitrogen and oxygen atoms in total. The molecule has 3 unspecified atom stereocenters. The SMILES string of the molecule is CC(CN(C)C)Oc1ccc(N2N=C3c4ccccc4[S+]([O-])CC3CC2=O)cc1. The monoisotopic (exact) mass is 411 g/mol. The quantitative estimate of drug-likeness (QED) is 0.710. The number of hydrazone groups is 1. The van der Waals surface area contributed by atoms with Gasteiger partial charge in [0.05, 0.1) is 22.9 Å². The zero-order chi connectivity index (χ0) is 20.5. The van der Waals surface area contributed by atoms with Gasteiger partial charge in [0.2, 0.25) is 5.91 Å². The molecule has 0 aliphatic carbocycles. The number of ether oxygens (including phenoxy) is 1. The minimum Gasteiger partial charge on any atom is -0.611 e. The molecular weight excluding hydrogens is 386 g/mol. The first-order valence-corrected chi connectivity index (χ1v) is 11.0. The lowest BCUT2D eigenvalue weighted by Gasteiger charge is -2.33. The number of anilines is 1. The lowest BCUT2D eigenvalue weighted by atomic mass is 9.93. The Morgan fingerprint density at radius 2 is 1.97 bits per heavy atom. The molecule has 0 fully saturated rings. The molecule has 2 aromatic rings. The second-order valence-corrected chi connectivity index (χ2v) is 9.25. The van der Waals surface area contributed by atoms with Crippen molar-refractivity contribution < 1.29 is 14.1 Å². The average molecular weight is 412 g/mol. The van der Waals surface area contributed by atoms with E-state index in [0.29, 0.717) is 17.9 Å². The van der Waals surface area contributed by atoms with Crippen LogP contribution in [0.4, 0.5) is 5.69 Å². The summed E-state index contributed by atoms with van der Waals surface area (Å²) in [6, 6.07) is 15.1. The zero-order valence-corrected chi connectivity index (χ0v) is 17.7. The van der Waals surface area contributed by atoms with Crippen LogP contribution in [0.3, 0.4) is 0 Å². The molecule has 7 heteroatoms. The van der Waals surface area contributed by atoms with E-state index >= 15 is 0 Å². The van der Waals surface area contributed by atoms with E-state index in [-0.39, 0.29) is 17.9 Å². The lowest BCUT2D eigenvalue weighted by molar-refractivity contribution is -0.119. The van der Waals surface area contributed by atoms with Gasteiger partial charge in [0.1, 0.15) is 17.6 Å². The first-order valence-electron chi connectivity index (χ1n) is 9.73. The summed E-state index contributed by atoms with van der Waals surface area (Å²) in [6.45, 7) is 2.85. The Kier molecular flexibility index (Phi) is 5.63. The fourth-order valence-corrected chi connectivity index (χ4v) is 5.32. The first-order chi connectivity index (χ1) is 13.9. The van der Waals surface area contributed by atoms with Crippen molar-refractivity contribution in [2.45, 2.75) is 24.3 Å². The van der Waals surface area contributed by atoms with Gasteiger partial charge >= 0.3 is 0 Å². The Bertz CT molecular complexity index is 929. The molecule has 0 bridgehead atoms. The highest BCUT2D eigenvalue weighted by Crippen LogP contribution is 2.34. The summed E-state index contributed by atoms with van der Waals surface area (Å²) in [5.74, 6) is 1.04. The highest BCUT2D eigenvalue weighted by atomic mass is 32.2. The predicted octanol–water partition coefficient (Wildman–Crippen LogP) is 2.89. The Balaban J connectivity index is 1.59. The highest BCUT2D eigenvalue weighted by molar-refractivity contribution is 7.91. The molecule has 0 N–H and O–H groups in total. The van der Waals surface area contributed by atoms with Crippen LogP contribution in [0.2, 0.25) is 0 Å². The van der Waals surface area contributed by atoms with Gasteiger partial charge in [-0.1, -0.05) is 12.1 Å². The van der Waals surface area contributed by atoms with Gasteiger partial charge in [-0.25, -0.2) is 5.01 Å². The second-order valence-electron chi connectivity index (χ2n) is 7.78. The molecule has 0 spiro atoms. The van der Waals surface area contributed by atoms with Crippen LogP contribution in [0.15, 0.2) is 58.5 Å². The maximum absolute atomic E-state index is 12.7. The fourth-order valence-electron chi connectivity index (χ4n) is 3.85. The molecule has 2 aliphatic heterocycles. The van der Waals surface area contributed by atoms with E-state index in [1.807, 2.05) is 69.6 Å². The molecule has 2 aliphatic rings. The summed E-state index contributed by atoms with van der Waals surface area (Å²) in [6.07, 6.45) is 0.380. The molecule has 29 heavy (non-hydrogen) atoms. The molecule has 4 rings (SSSR count). The molecule has 1 amide bonds. The minimum atomic E-state index is -1.09. The molecule has 2 aromatic carbocycles. The number of likely N-dealkylation sites (N-methyl/N-ethyl adjacent to an activating group) is 1. The van der Waals surface area contributed by atoms with Crippen molar-refractivity contribution >= 4 is 28.5 Å². The van der Waals surface area contributed by atoms with Gasteiger partial charge in [0, 0.05) is 13.0 Å². The number of hydrogen-bond donors (Lipinski definition) is 0. The van der Waals surface area contributed by atoms with E-state index in [2.05, 4.69) is 10.0 Å².